The molecule has 2 aromatic carbocycles. The lowest BCUT2D eigenvalue weighted by Crippen LogP contribution is -2.38. The molecule has 0 aromatic heterocycles. The van der Waals surface area contributed by atoms with Crippen molar-refractivity contribution in [1.29, 1.82) is 0 Å². The lowest BCUT2D eigenvalue weighted by molar-refractivity contribution is -0.137. The first-order valence-corrected chi connectivity index (χ1v) is 9.53. The number of alkyl halides is 3. The van der Waals surface area contributed by atoms with Gasteiger partial charge < -0.3 is 5.32 Å². The molecule has 0 radical (unpaired) electrons. The number of anilines is 1. The van der Waals surface area contributed by atoms with Crippen LogP contribution in [0.4, 0.5) is 18.9 Å². The Morgan fingerprint density at radius 2 is 1.86 bits per heavy atom. The minimum atomic E-state index is -4.46. The van der Waals surface area contributed by atoms with E-state index in [1.807, 2.05) is 24.3 Å². The van der Waals surface area contributed by atoms with Crippen LogP contribution in [0.15, 0.2) is 48.5 Å². The molecule has 1 amide bonds. The third-order valence-corrected chi connectivity index (χ3v) is 5.03. The van der Waals surface area contributed by atoms with E-state index in [9.17, 15) is 22.8 Å². The number of halogens is 3. The van der Waals surface area contributed by atoms with E-state index in [0.717, 1.165) is 36.3 Å². The van der Waals surface area contributed by atoms with Crippen molar-refractivity contribution in [3.05, 3.63) is 65.2 Å². The molecule has 0 aliphatic carbocycles. The molecular formula is C22H23F3N2O2. The van der Waals surface area contributed by atoms with Gasteiger partial charge in [-0.2, -0.15) is 13.2 Å². The van der Waals surface area contributed by atoms with Crippen LogP contribution in [0.3, 0.4) is 0 Å². The van der Waals surface area contributed by atoms with Gasteiger partial charge in [0.15, 0.2) is 5.78 Å². The fraction of sp³-hybridized carbons (Fsp3) is 0.364. The average Bonchev–Trinajstić information content (AvgIpc) is 2.68. The SMILES string of the molecule is CC(=O)Nc1ccc(CN2CCC[C@H](C(=O)c3cccc(C(F)(F)F)c3)C2)cc1. The highest BCUT2D eigenvalue weighted by Crippen LogP contribution is 2.31. The van der Waals surface area contributed by atoms with E-state index in [-0.39, 0.29) is 23.2 Å². The second kappa shape index (κ2) is 8.78. The Labute approximate surface area is 167 Å². The molecule has 1 aliphatic heterocycles. The Bertz CT molecular complexity index is 878. The maximum absolute atomic E-state index is 12.9. The highest BCUT2D eigenvalue weighted by molar-refractivity contribution is 5.98. The number of likely N-dealkylation sites (tertiary alicyclic amines) is 1. The van der Waals surface area contributed by atoms with Gasteiger partial charge in [-0.3, -0.25) is 14.5 Å². The molecule has 1 aliphatic rings. The molecule has 154 valence electrons. The maximum Gasteiger partial charge on any atom is 0.416 e. The number of nitrogens with zero attached hydrogens (tertiary/aromatic N) is 1. The maximum atomic E-state index is 12.9. The molecular weight excluding hydrogens is 381 g/mol. The van der Waals surface area contributed by atoms with Crippen molar-refractivity contribution in [2.75, 3.05) is 18.4 Å². The van der Waals surface area contributed by atoms with Gasteiger partial charge in [0.05, 0.1) is 5.56 Å². The number of benzene rings is 2. The first-order chi connectivity index (χ1) is 13.7. The summed E-state index contributed by atoms with van der Waals surface area (Å²) in [6.07, 6.45) is -2.97. The first kappa shape index (κ1) is 21.0. The molecule has 1 N–H and O–H groups in total. The van der Waals surface area contributed by atoms with Crippen LogP contribution in [0, 0.1) is 5.92 Å². The van der Waals surface area contributed by atoms with Crippen LogP contribution < -0.4 is 5.32 Å². The van der Waals surface area contributed by atoms with Crippen molar-refractivity contribution in [3.63, 3.8) is 0 Å². The van der Waals surface area contributed by atoms with E-state index in [1.54, 1.807) is 0 Å². The highest BCUT2D eigenvalue weighted by Gasteiger charge is 2.32. The van der Waals surface area contributed by atoms with Gasteiger partial charge in [-0.1, -0.05) is 24.3 Å². The van der Waals surface area contributed by atoms with Crippen LogP contribution in [0.5, 0.6) is 0 Å². The topological polar surface area (TPSA) is 49.4 Å². The normalized spacial score (nSPS) is 17.7. The summed E-state index contributed by atoms with van der Waals surface area (Å²) < 4.78 is 38.8. The Kier molecular flexibility index (Phi) is 6.37. The number of amides is 1. The third-order valence-electron chi connectivity index (χ3n) is 5.03. The Morgan fingerprint density at radius 3 is 2.52 bits per heavy atom. The molecule has 3 rings (SSSR count). The van der Waals surface area contributed by atoms with Crippen molar-refractivity contribution in [3.8, 4) is 0 Å². The zero-order valence-corrected chi connectivity index (χ0v) is 16.1. The number of Topliss-reactive ketones (excluding diaryl/α,β-unsaturated/α-hetero) is 1. The van der Waals surface area contributed by atoms with E-state index in [4.69, 9.17) is 0 Å². The first-order valence-electron chi connectivity index (χ1n) is 9.53. The van der Waals surface area contributed by atoms with E-state index in [0.29, 0.717) is 19.5 Å². The Hall–Kier alpha value is -2.67. The number of hydrogen-bond donors (Lipinski definition) is 1. The molecule has 0 saturated carbocycles. The summed E-state index contributed by atoms with van der Waals surface area (Å²) in [6.45, 7) is 3.44. The molecule has 7 heteroatoms. The smallest absolute Gasteiger partial charge is 0.326 e. The van der Waals surface area contributed by atoms with E-state index < -0.39 is 11.7 Å². The number of nitrogens with one attached hydrogen (secondary N) is 1. The molecule has 2 aromatic rings. The van der Waals surface area contributed by atoms with Crippen LogP contribution in [-0.4, -0.2) is 29.7 Å². The van der Waals surface area contributed by atoms with Crippen molar-refractivity contribution in [2.24, 2.45) is 5.92 Å². The van der Waals surface area contributed by atoms with Crippen molar-refractivity contribution >= 4 is 17.4 Å². The summed E-state index contributed by atoms with van der Waals surface area (Å²) in [5.74, 6) is -0.683. The number of ketones is 1. The van der Waals surface area contributed by atoms with Gasteiger partial charge in [0.2, 0.25) is 5.91 Å². The monoisotopic (exact) mass is 404 g/mol. The Morgan fingerprint density at radius 1 is 1.14 bits per heavy atom. The summed E-state index contributed by atoms with van der Waals surface area (Å²) in [5.41, 5.74) is 1.09. The molecule has 1 fully saturated rings. The van der Waals surface area contributed by atoms with Crippen LogP contribution in [0.2, 0.25) is 0 Å². The van der Waals surface area contributed by atoms with Gasteiger partial charge in [0.25, 0.3) is 0 Å². The van der Waals surface area contributed by atoms with E-state index in [2.05, 4.69) is 10.2 Å². The summed E-state index contributed by atoms with van der Waals surface area (Å²) in [7, 11) is 0. The molecule has 4 nitrogen and oxygen atoms in total. The Balaban J connectivity index is 1.64. The van der Waals surface area contributed by atoms with Crippen LogP contribution >= 0.6 is 0 Å². The van der Waals surface area contributed by atoms with Gasteiger partial charge in [-0.25, -0.2) is 0 Å². The minimum absolute atomic E-state index is 0.117. The minimum Gasteiger partial charge on any atom is -0.326 e. The predicted molar refractivity (Wildman–Crippen MR) is 105 cm³/mol. The molecule has 0 spiro atoms. The molecule has 1 saturated heterocycles. The number of rotatable bonds is 5. The molecule has 0 unspecified atom stereocenters. The zero-order chi connectivity index (χ0) is 21.0. The van der Waals surface area contributed by atoms with Crippen LogP contribution in [0.1, 0.15) is 41.3 Å². The largest absolute Gasteiger partial charge is 0.416 e. The predicted octanol–water partition coefficient (Wildman–Crippen LogP) is 4.76. The average molecular weight is 404 g/mol. The van der Waals surface area contributed by atoms with Gasteiger partial charge in [-0.15, -0.1) is 0 Å². The van der Waals surface area contributed by atoms with Gasteiger partial charge in [0.1, 0.15) is 0 Å². The lowest BCUT2D eigenvalue weighted by atomic mass is 9.89. The van der Waals surface area contributed by atoms with Gasteiger partial charge in [-0.05, 0) is 49.2 Å². The molecule has 1 heterocycles. The zero-order valence-electron chi connectivity index (χ0n) is 16.1. The number of hydrogen-bond acceptors (Lipinski definition) is 3. The van der Waals surface area contributed by atoms with E-state index >= 15 is 0 Å². The molecule has 1 atom stereocenters. The number of carbonyl (C=O) groups excluding carboxylic acids is 2. The van der Waals surface area contributed by atoms with E-state index in [1.165, 1.54) is 19.1 Å². The number of carbonyl (C=O) groups is 2. The summed E-state index contributed by atoms with van der Waals surface area (Å²) in [5, 5.41) is 2.71. The standard InChI is InChI=1S/C22H23F3N2O2/c1-15(28)26-20-9-7-16(8-10-20)13-27-11-3-5-18(14-27)21(29)17-4-2-6-19(12-17)22(23,24)25/h2,4,6-10,12,18H,3,5,11,13-14H2,1H3,(H,26,28)/t18-/m0/s1. The summed E-state index contributed by atoms with van der Waals surface area (Å²) in [4.78, 5) is 26.0. The third kappa shape index (κ3) is 5.67. The summed E-state index contributed by atoms with van der Waals surface area (Å²) >= 11 is 0. The molecule has 29 heavy (non-hydrogen) atoms. The number of piperidine rings is 1. The summed E-state index contributed by atoms with van der Waals surface area (Å²) in [6, 6.07) is 12.2. The van der Waals surface area contributed by atoms with Crippen LogP contribution in [0.25, 0.3) is 0 Å². The second-order valence-corrected chi connectivity index (χ2v) is 7.40. The second-order valence-electron chi connectivity index (χ2n) is 7.40. The van der Waals surface area contributed by atoms with Crippen molar-refractivity contribution in [2.45, 2.75) is 32.5 Å². The van der Waals surface area contributed by atoms with Crippen molar-refractivity contribution < 1.29 is 22.8 Å². The fourth-order valence-electron chi connectivity index (χ4n) is 3.65. The van der Waals surface area contributed by atoms with Crippen molar-refractivity contribution in [1.82, 2.24) is 4.90 Å². The highest BCUT2D eigenvalue weighted by atomic mass is 19.4. The molecule has 0 bridgehead atoms. The van der Waals surface area contributed by atoms with Crippen LogP contribution in [-0.2, 0) is 17.5 Å². The fourth-order valence-corrected chi connectivity index (χ4v) is 3.65. The van der Waals surface area contributed by atoms with Gasteiger partial charge >= 0.3 is 6.18 Å². The lowest BCUT2D eigenvalue weighted by Gasteiger charge is -2.32. The quantitative estimate of drug-likeness (QED) is 0.731. The van der Waals surface area contributed by atoms with Gasteiger partial charge in [0, 0.05) is 37.2 Å².